The highest BCUT2D eigenvalue weighted by Gasteiger charge is 2.28. The van der Waals surface area contributed by atoms with Gasteiger partial charge in [0, 0.05) is 43.6 Å². The topological polar surface area (TPSA) is 67.2 Å². The summed E-state index contributed by atoms with van der Waals surface area (Å²) in [6.45, 7) is 4.86. The Morgan fingerprint density at radius 3 is 2.42 bits per heavy atom. The number of aliphatic hydroxyl groups is 1. The van der Waals surface area contributed by atoms with E-state index >= 15 is 0 Å². The van der Waals surface area contributed by atoms with Gasteiger partial charge in [-0.1, -0.05) is 50.2 Å². The minimum absolute atomic E-state index is 0.00737. The second-order valence-electron chi connectivity index (χ2n) is 8.24. The van der Waals surface area contributed by atoms with Crippen LogP contribution in [0.3, 0.4) is 0 Å². The molecule has 1 aliphatic heterocycles. The normalized spacial score (nSPS) is 17.6. The number of nitrogens with zero attached hydrogens (tertiary/aromatic N) is 2. The van der Waals surface area contributed by atoms with E-state index in [9.17, 15) is 9.90 Å². The molecule has 2 unspecified atom stereocenters. The maximum Gasteiger partial charge on any atom is 0.259 e. The van der Waals surface area contributed by atoms with Gasteiger partial charge in [0.05, 0.1) is 12.2 Å². The summed E-state index contributed by atoms with van der Waals surface area (Å²) < 4.78 is 1.78. The van der Waals surface area contributed by atoms with E-state index in [0.29, 0.717) is 5.56 Å². The van der Waals surface area contributed by atoms with Crippen LogP contribution in [0, 0.1) is 0 Å². The third-order valence-corrected chi connectivity index (χ3v) is 6.36. The molecule has 0 saturated carbocycles. The van der Waals surface area contributed by atoms with Crippen molar-refractivity contribution in [2.75, 3.05) is 13.2 Å². The molecule has 0 amide bonds. The number of hydrogen-bond donors (Lipinski definition) is 2. The SMILES string of the molecule is CC.Cn1c(C2CNC(CO)C2)cc(-c2ccncc2)c(-c2ccc3ccccc3c2)c1=O. The minimum Gasteiger partial charge on any atom is -0.395 e. The molecule has 33 heavy (non-hydrogen) atoms. The summed E-state index contributed by atoms with van der Waals surface area (Å²) in [5.41, 5.74) is 4.49. The van der Waals surface area contributed by atoms with Crippen molar-refractivity contribution in [2.45, 2.75) is 32.2 Å². The molecule has 2 aromatic heterocycles. The first kappa shape index (κ1) is 22.9. The molecule has 0 spiro atoms. The Kier molecular flexibility index (Phi) is 7.02. The van der Waals surface area contributed by atoms with Gasteiger partial charge < -0.3 is 15.0 Å². The van der Waals surface area contributed by atoms with Crippen molar-refractivity contribution in [3.8, 4) is 22.3 Å². The first-order valence-electron chi connectivity index (χ1n) is 11.6. The first-order valence-corrected chi connectivity index (χ1v) is 11.6. The molecule has 2 N–H and O–H groups in total. The van der Waals surface area contributed by atoms with E-state index in [1.165, 1.54) is 0 Å². The largest absolute Gasteiger partial charge is 0.395 e. The number of pyridine rings is 2. The smallest absolute Gasteiger partial charge is 0.259 e. The van der Waals surface area contributed by atoms with Crippen molar-refractivity contribution in [2.24, 2.45) is 7.05 Å². The van der Waals surface area contributed by atoms with E-state index in [0.717, 1.165) is 46.1 Å². The monoisotopic (exact) mass is 441 g/mol. The van der Waals surface area contributed by atoms with Crippen LogP contribution in [-0.4, -0.2) is 33.9 Å². The average Bonchev–Trinajstić information content (AvgIpc) is 3.36. The fourth-order valence-corrected chi connectivity index (χ4v) is 4.68. The number of benzene rings is 2. The van der Waals surface area contributed by atoms with Crippen LogP contribution in [0.4, 0.5) is 0 Å². The molecule has 2 aromatic carbocycles. The number of aromatic nitrogens is 2. The molecule has 5 heteroatoms. The van der Waals surface area contributed by atoms with Gasteiger partial charge in [0.15, 0.2) is 0 Å². The zero-order valence-corrected chi connectivity index (χ0v) is 19.5. The number of aliphatic hydroxyl groups excluding tert-OH is 1. The van der Waals surface area contributed by atoms with Gasteiger partial charge >= 0.3 is 0 Å². The lowest BCUT2D eigenvalue weighted by Gasteiger charge is -2.20. The molecule has 3 heterocycles. The molecular weight excluding hydrogens is 410 g/mol. The summed E-state index contributed by atoms with van der Waals surface area (Å²) in [6, 6.07) is 20.5. The molecule has 0 radical (unpaired) electrons. The van der Waals surface area contributed by atoms with Crippen LogP contribution in [0.5, 0.6) is 0 Å². The number of hydrogen-bond acceptors (Lipinski definition) is 4. The maximum absolute atomic E-state index is 13.7. The fourth-order valence-electron chi connectivity index (χ4n) is 4.68. The van der Waals surface area contributed by atoms with Crippen molar-refractivity contribution in [3.05, 3.63) is 89.1 Å². The summed E-state index contributed by atoms with van der Waals surface area (Å²) >= 11 is 0. The zero-order valence-electron chi connectivity index (χ0n) is 19.5. The second-order valence-corrected chi connectivity index (χ2v) is 8.24. The highest BCUT2D eigenvalue weighted by atomic mass is 16.3. The molecule has 0 bridgehead atoms. The third kappa shape index (κ3) is 4.47. The van der Waals surface area contributed by atoms with E-state index in [-0.39, 0.29) is 24.1 Å². The van der Waals surface area contributed by atoms with Crippen LogP contribution in [0.2, 0.25) is 0 Å². The van der Waals surface area contributed by atoms with Crippen LogP contribution in [-0.2, 0) is 7.05 Å². The van der Waals surface area contributed by atoms with Gasteiger partial charge in [-0.25, -0.2) is 0 Å². The summed E-state index contributed by atoms with van der Waals surface area (Å²) in [5, 5.41) is 15.1. The average molecular weight is 442 g/mol. The zero-order chi connectivity index (χ0) is 23.4. The number of rotatable bonds is 4. The van der Waals surface area contributed by atoms with Gasteiger partial charge in [0.25, 0.3) is 5.56 Å². The predicted molar refractivity (Wildman–Crippen MR) is 135 cm³/mol. The van der Waals surface area contributed by atoms with Gasteiger partial charge in [-0.05, 0) is 58.1 Å². The quantitative estimate of drug-likeness (QED) is 0.480. The maximum atomic E-state index is 13.7. The molecule has 1 fully saturated rings. The Morgan fingerprint density at radius 2 is 1.73 bits per heavy atom. The Morgan fingerprint density at radius 1 is 1.00 bits per heavy atom. The summed E-state index contributed by atoms with van der Waals surface area (Å²) in [7, 11) is 1.85. The van der Waals surface area contributed by atoms with Gasteiger partial charge in [0.1, 0.15) is 0 Å². The van der Waals surface area contributed by atoms with Crippen molar-refractivity contribution >= 4 is 10.8 Å². The van der Waals surface area contributed by atoms with Crippen molar-refractivity contribution in [1.29, 1.82) is 0 Å². The van der Waals surface area contributed by atoms with Crippen LogP contribution >= 0.6 is 0 Å². The van der Waals surface area contributed by atoms with E-state index in [1.807, 2.05) is 51.2 Å². The van der Waals surface area contributed by atoms with Crippen molar-refractivity contribution in [1.82, 2.24) is 14.9 Å². The predicted octanol–water partition coefficient (Wildman–Crippen LogP) is 4.73. The number of fused-ring (bicyclic) bond motifs is 1. The standard InChI is InChI=1S/C26H25N3O2.C2H6/c1-29-24(21-13-22(16-30)28-15-21)14-23(18-8-10-27-11-9-18)25(26(29)31)20-7-6-17-4-2-3-5-19(17)12-20;1-2/h2-12,14,21-22,28,30H,13,15-16H2,1H3;1-2H3. The van der Waals surface area contributed by atoms with Crippen molar-refractivity contribution in [3.63, 3.8) is 0 Å². The molecule has 1 saturated heterocycles. The van der Waals surface area contributed by atoms with Crippen molar-refractivity contribution < 1.29 is 5.11 Å². The first-order chi connectivity index (χ1) is 16.2. The summed E-state index contributed by atoms with van der Waals surface area (Å²) in [5.74, 6) is 0.182. The Bertz CT molecular complexity index is 1300. The van der Waals surface area contributed by atoms with Crippen LogP contribution < -0.4 is 10.9 Å². The fraction of sp³-hybridized carbons (Fsp3) is 0.286. The van der Waals surface area contributed by atoms with Crippen LogP contribution in [0.15, 0.2) is 77.9 Å². The van der Waals surface area contributed by atoms with Gasteiger partial charge in [-0.15, -0.1) is 0 Å². The molecule has 5 rings (SSSR count). The Labute approximate surface area is 194 Å². The second kappa shape index (κ2) is 10.1. The lowest BCUT2D eigenvalue weighted by Crippen LogP contribution is -2.25. The van der Waals surface area contributed by atoms with Crippen LogP contribution in [0.1, 0.15) is 31.9 Å². The highest BCUT2D eigenvalue weighted by molar-refractivity contribution is 5.91. The Balaban J connectivity index is 0.00000126. The molecule has 0 aliphatic carbocycles. The molecule has 4 aromatic rings. The van der Waals surface area contributed by atoms with Gasteiger partial charge in [-0.2, -0.15) is 0 Å². The van der Waals surface area contributed by atoms with E-state index in [1.54, 1.807) is 17.0 Å². The molecule has 5 nitrogen and oxygen atoms in total. The third-order valence-electron chi connectivity index (χ3n) is 6.36. The summed E-state index contributed by atoms with van der Waals surface area (Å²) in [4.78, 5) is 17.9. The Hall–Kier alpha value is -3.28. The highest BCUT2D eigenvalue weighted by Crippen LogP contribution is 2.34. The van der Waals surface area contributed by atoms with Gasteiger partial charge in [0.2, 0.25) is 0 Å². The molecule has 1 aliphatic rings. The molecule has 170 valence electrons. The van der Waals surface area contributed by atoms with E-state index in [4.69, 9.17) is 0 Å². The lowest BCUT2D eigenvalue weighted by molar-refractivity contribution is 0.254. The van der Waals surface area contributed by atoms with Crippen LogP contribution in [0.25, 0.3) is 33.0 Å². The van der Waals surface area contributed by atoms with Gasteiger partial charge in [-0.3, -0.25) is 9.78 Å². The lowest BCUT2D eigenvalue weighted by atomic mass is 9.91. The molecular formula is C28H31N3O2. The number of nitrogens with one attached hydrogen (secondary N) is 1. The van der Waals surface area contributed by atoms with E-state index in [2.05, 4.69) is 40.6 Å². The minimum atomic E-state index is -0.00737. The van der Waals surface area contributed by atoms with E-state index < -0.39 is 0 Å². The summed E-state index contributed by atoms with van der Waals surface area (Å²) in [6.07, 6.45) is 4.33. The molecule has 2 atom stereocenters.